The highest BCUT2D eigenvalue weighted by Gasteiger charge is 2.11. The second-order valence-corrected chi connectivity index (χ2v) is 3.89. The zero-order valence-electron chi connectivity index (χ0n) is 9.64. The van der Waals surface area contributed by atoms with Crippen LogP contribution in [0.4, 0.5) is 4.39 Å². The Morgan fingerprint density at radius 3 is 2.76 bits per heavy atom. The van der Waals surface area contributed by atoms with Crippen LogP contribution in [0.25, 0.3) is 0 Å². The van der Waals surface area contributed by atoms with Gasteiger partial charge in [-0.3, -0.25) is 14.5 Å². The molecule has 0 aliphatic heterocycles. The van der Waals surface area contributed by atoms with Gasteiger partial charge in [0.05, 0.1) is 18.3 Å². The van der Waals surface area contributed by atoms with Gasteiger partial charge >= 0.3 is 0 Å². The van der Waals surface area contributed by atoms with Crippen molar-refractivity contribution in [3.05, 3.63) is 47.3 Å². The van der Waals surface area contributed by atoms with Crippen LogP contribution >= 0.6 is 0 Å². The average molecular weight is 233 g/mol. The molecule has 2 aromatic heterocycles. The molecular weight excluding hydrogens is 221 g/mol. The molecule has 0 amide bonds. The fraction of sp³-hybridized carbons (Fsp3) is 0.250. The highest BCUT2D eigenvalue weighted by molar-refractivity contribution is 5.97. The number of carbonyl (C=O) groups is 1. The van der Waals surface area contributed by atoms with E-state index in [4.69, 9.17) is 0 Å². The van der Waals surface area contributed by atoms with Gasteiger partial charge < -0.3 is 0 Å². The van der Waals surface area contributed by atoms with Crippen LogP contribution < -0.4 is 0 Å². The van der Waals surface area contributed by atoms with Gasteiger partial charge in [0.15, 0.2) is 5.78 Å². The first-order chi connectivity index (χ1) is 8.06. The van der Waals surface area contributed by atoms with Gasteiger partial charge in [-0.25, -0.2) is 4.39 Å². The van der Waals surface area contributed by atoms with E-state index in [1.807, 2.05) is 13.0 Å². The average Bonchev–Trinajstić information content (AvgIpc) is 2.57. The number of carbonyl (C=O) groups excluding carboxylic acids is 1. The lowest BCUT2D eigenvalue weighted by molar-refractivity contribution is 0.0990. The van der Waals surface area contributed by atoms with Crippen LogP contribution in [-0.2, 0) is 13.5 Å². The molecule has 0 aliphatic rings. The number of aromatic nitrogens is 3. The molecule has 0 aliphatic carbocycles. The monoisotopic (exact) mass is 233 g/mol. The van der Waals surface area contributed by atoms with Crippen LogP contribution in [0.3, 0.4) is 0 Å². The summed E-state index contributed by atoms with van der Waals surface area (Å²) in [5.41, 5.74) is 1.94. The SMILES string of the molecule is Cc1cc(CC(=O)c2cncc(F)c2)n(C)n1. The van der Waals surface area contributed by atoms with Gasteiger partial charge in [-0.1, -0.05) is 0 Å². The normalized spacial score (nSPS) is 10.5. The fourth-order valence-corrected chi connectivity index (χ4v) is 1.66. The molecule has 0 saturated carbocycles. The molecule has 88 valence electrons. The summed E-state index contributed by atoms with van der Waals surface area (Å²) in [6.45, 7) is 1.86. The third-order valence-electron chi connectivity index (χ3n) is 2.47. The minimum atomic E-state index is -0.503. The van der Waals surface area contributed by atoms with E-state index in [0.29, 0.717) is 0 Å². The summed E-state index contributed by atoms with van der Waals surface area (Å²) in [5.74, 6) is -0.669. The molecule has 17 heavy (non-hydrogen) atoms. The zero-order valence-corrected chi connectivity index (χ0v) is 9.64. The highest BCUT2D eigenvalue weighted by atomic mass is 19.1. The quantitative estimate of drug-likeness (QED) is 0.758. The number of nitrogens with zero attached hydrogens (tertiary/aromatic N) is 3. The number of Topliss-reactive ketones (excluding diaryl/α,β-unsaturated/α-hetero) is 1. The van der Waals surface area contributed by atoms with E-state index in [1.165, 1.54) is 12.3 Å². The van der Waals surface area contributed by atoms with Crippen molar-refractivity contribution < 1.29 is 9.18 Å². The predicted octanol–water partition coefficient (Wildman–Crippen LogP) is 1.69. The van der Waals surface area contributed by atoms with E-state index < -0.39 is 5.82 Å². The maximum absolute atomic E-state index is 12.9. The van der Waals surface area contributed by atoms with E-state index in [9.17, 15) is 9.18 Å². The van der Waals surface area contributed by atoms with Crippen LogP contribution in [0.5, 0.6) is 0 Å². The molecule has 0 N–H and O–H groups in total. The Balaban J connectivity index is 2.20. The molecule has 0 saturated heterocycles. The first-order valence-corrected chi connectivity index (χ1v) is 5.19. The molecule has 0 radical (unpaired) electrons. The first kappa shape index (κ1) is 11.4. The minimum absolute atomic E-state index is 0.167. The second-order valence-electron chi connectivity index (χ2n) is 3.89. The lowest BCUT2D eigenvalue weighted by Crippen LogP contribution is -2.08. The maximum atomic E-state index is 12.9. The van der Waals surface area contributed by atoms with Crippen molar-refractivity contribution in [1.29, 1.82) is 0 Å². The zero-order chi connectivity index (χ0) is 12.4. The Morgan fingerprint density at radius 2 is 2.18 bits per heavy atom. The molecule has 0 atom stereocenters. The summed E-state index contributed by atoms with van der Waals surface area (Å²) < 4.78 is 14.6. The molecule has 5 heteroatoms. The Hall–Kier alpha value is -2.04. The molecule has 0 fully saturated rings. The van der Waals surface area contributed by atoms with Gasteiger partial charge in [0.2, 0.25) is 0 Å². The Morgan fingerprint density at radius 1 is 1.41 bits per heavy atom. The lowest BCUT2D eigenvalue weighted by atomic mass is 10.1. The number of hydrogen-bond acceptors (Lipinski definition) is 3. The molecule has 2 aromatic rings. The summed E-state index contributed by atoms with van der Waals surface area (Å²) >= 11 is 0. The standard InChI is InChI=1S/C12H12FN3O/c1-8-3-11(16(2)15-8)5-12(17)9-4-10(13)7-14-6-9/h3-4,6-7H,5H2,1-2H3. The van der Waals surface area contributed by atoms with Crippen LogP contribution in [0.15, 0.2) is 24.5 Å². The van der Waals surface area contributed by atoms with Crippen LogP contribution in [0.1, 0.15) is 21.7 Å². The lowest BCUT2D eigenvalue weighted by Gasteiger charge is -2.01. The molecule has 0 bridgehead atoms. The van der Waals surface area contributed by atoms with E-state index in [0.717, 1.165) is 17.6 Å². The summed E-state index contributed by atoms with van der Waals surface area (Å²) in [6.07, 6.45) is 2.64. The number of pyridine rings is 1. The van der Waals surface area contributed by atoms with Crippen molar-refractivity contribution in [3.8, 4) is 0 Å². The largest absolute Gasteiger partial charge is 0.294 e. The van der Waals surface area contributed by atoms with Crippen molar-refractivity contribution >= 4 is 5.78 Å². The maximum Gasteiger partial charge on any atom is 0.170 e. The molecule has 2 rings (SSSR count). The van der Waals surface area contributed by atoms with E-state index >= 15 is 0 Å². The van der Waals surface area contributed by atoms with Crippen molar-refractivity contribution in [2.75, 3.05) is 0 Å². The summed E-state index contributed by atoms with van der Waals surface area (Å²) in [4.78, 5) is 15.5. The minimum Gasteiger partial charge on any atom is -0.294 e. The van der Waals surface area contributed by atoms with E-state index in [2.05, 4.69) is 10.1 Å². The van der Waals surface area contributed by atoms with Crippen LogP contribution in [-0.4, -0.2) is 20.5 Å². The smallest absolute Gasteiger partial charge is 0.170 e. The Bertz CT molecular complexity index is 563. The summed E-state index contributed by atoms with van der Waals surface area (Å²) in [7, 11) is 1.78. The topological polar surface area (TPSA) is 47.8 Å². The third-order valence-corrected chi connectivity index (χ3v) is 2.47. The van der Waals surface area contributed by atoms with Gasteiger partial charge in [0, 0.05) is 24.5 Å². The van der Waals surface area contributed by atoms with E-state index in [1.54, 1.807) is 11.7 Å². The number of rotatable bonds is 3. The molecule has 0 spiro atoms. The Labute approximate surface area is 98.1 Å². The van der Waals surface area contributed by atoms with Gasteiger partial charge in [0.1, 0.15) is 5.82 Å². The summed E-state index contributed by atoms with van der Waals surface area (Å²) in [6, 6.07) is 3.03. The van der Waals surface area contributed by atoms with Crippen molar-refractivity contribution in [1.82, 2.24) is 14.8 Å². The number of hydrogen-bond donors (Lipinski definition) is 0. The highest BCUT2D eigenvalue weighted by Crippen LogP contribution is 2.08. The molecule has 2 heterocycles. The second kappa shape index (κ2) is 4.45. The molecule has 0 aromatic carbocycles. The van der Waals surface area contributed by atoms with Crippen molar-refractivity contribution in [2.45, 2.75) is 13.3 Å². The molecule has 0 unspecified atom stereocenters. The third kappa shape index (κ3) is 2.55. The fourth-order valence-electron chi connectivity index (χ4n) is 1.66. The van der Waals surface area contributed by atoms with Gasteiger partial charge in [-0.15, -0.1) is 0 Å². The van der Waals surface area contributed by atoms with Gasteiger partial charge in [-0.05, 0) is 19.1 Å². The van der Waals surface area contributed by atoms with Gasteiger partial charge in [-0.2, -0.15) is 5.10 Å². The van der Waals surface area contributed by atoms with E-state index in [-0.39, 0.29) is 17.8 Å². The number of aryl methyl sites for hydroxylation is 2. The van der Waals surface area contributed by atoms with Crippen molar-refractivity contribution in [2.24, 2.45) is 7.05 Å². The number of halogens is 1. The first-order valence-electron chi connectivity index (χ1n) is 5.19. The Kier molecular flexibility index (Phi) is 2.99. The number of ketones is 1. The van der Waals surface area contributed by atoms with Crippen molar-refractivity contribution in [3.63, 3.8) is 0 Å². The van der Waals surface area contributed by atoms with Crippen LogP contribution in [0.2, 0.25) is 0 Å². The molecule has 4 nitrogen and oxygen atoms in total. The summed E-state index contributed by atoms with van der Waals surface area (Å²) in [5, 5.41) is 4.15. The predicted molar refractivity (Wildman–Crippen MR) is 60.2 cm³/mol. The van der Waals surface area contributed by atoms with Gasteiger partial charge in [0.25, 0.3) is 0 Å². The van der Waals surface area contributed by atoms with Crippen LogP contribution in [0, 0.1) is 12.7 Å². The molecular formula is C12H12FN3O.